The molecule has 0 aliphatic rings. The molecule has 0 aliphatic carbocycles. The van der Waals surface area contributed by atoms with Crippen molar-refractivity contribution in [3.63, 3.8) is 0 Å². The van der Waals surface area contributed by atoms with Gasteiger partial charge in [0.15, 0.2) is 0 Å². The fourth-order valence-corrected chi connectivity index (χ4v) is 0.866. The molecule has 0 saturated heterocycles. The highest BCUT2D eigenvalue weighted by Crippen LogP contribution is 2.20. The maximum Gasteiger partial charge on any atom is 0.0617 e. The summed E-state index contributed by atoms with van der Waals surface area (Å²) in [5.41, 5.74) is 5.04. The van der Waals surface area contributed by atoms with Gasteiger partial charge in [0.05, 0.1) is 5.60 Å². The van der Waals surface area contributed by atoms with Gasteiger partial charge in [-0.1, -0.05) is 6.92 Å². The topological polar surface area (TPSA) is 46.2 Å². The van der Waals surface area contributed by atoms with Gasteiger partial charge in [0.2, 0.25) is 0 Å². The van der Waals surface area contributed by atoms with Crippen LogP contribution in [-0.4, -0.2) is 16.7 Å². The van der Waals surface area contributed by atoms with Crippen molar-refractivity contribution in [2.45, 2.75) is 52.2 Å². The van der Waals surface area contributed by atoms with Crippen LogP contribution in [0.2, 0.25) is 0 Å². The Balaban J connectivity index is 3.61. The molecule has 3 N–H and O–H groups in total. The molecule has 0 aromatic carbocycles. The quantitative estimate of drug-likeness (QED) is 0.653. The Kier molecular flexibility index (Phi) is 4.04. The summed E-state index contributed by atoms with van der Waals surface area (Å²) in [5, 5.41) is 9.56. The zero-order valence-corrected chi connectivity index (χ0v) is 8.09. The molecule has 0 fully saturated rings. The van der Waals surface area contributed by atoms with Crippen molar-refractivity contribution >= 4 is 0 Å². The highest BCUT2D eigenvalue weighted by molar-refractivity contribution is 4.74. The van der Waals surface area contributed by atoms with Crippen molar-refractivity contribution in [1.82, 2.24) is 0 Å². The van der Waals surface area contributed by atoms with Crippen LogP contribution in [0.5, 0.6) is 0 Å². The SMILES string of the molecule is C[C@H](CC[C@@H](C)N)C(C)(C)O. The van der Waals surface area contributed by atoms with Crippen LogP contribution in [0, 0.1) is 5.92 Å². The van der Waals surface area contributed by atoms with E-state index in [4.69, 9.17) is 5.73 Å². The van der Waals surface area contributed by atoms with E-state index < -0.39 is 5.60 Å². The predicted molar refractivity (Wildman–Crippen MR) is 48.3 cm³/mol. The lowest BCUT2D eigenvalue weighted by Gasteiger charge is -2.26. The van der Waals surface area contributed by atoms with Crippen molar-refractivity contribution in [2.75, 3.05) is 0 Å². The smallest absolute Gasteiger partial charge is 0.0617 e. The third-order valence-corrected chi connectivity index (χ3v) is 2.26. The van der Waals surface area contributed by atoms with Crippen LogP contribution in [0.1, 0.15) is 40.5 Å². The van der Waals surface area contributed by atoms with Crippen molar-refractivity contribution in [2.24, 2.45) is 11.7 Å². The fraction of sp³-hybridized carbons (Fsp3) is 1.00. The first kappa shape index (κ1) is 10.9. The van der Waals surface area contributed by atoms with Gasteiger partial charge in [-0.3, -0.25) is 0 Å². The Bertz CT molecular complexity index is 105. The number of nitrogens with two attached hydrogens (primary N) is 1. The summed E-state index contributed by atoms with van der Waals surface area (Å²) in [6.07, 6.45) is 1.99. The maximum absolute atomic E-state index is 9.56. The van der Waals surface area contributed by atoms with Crippen LogP contribution in [-0.2, 0) is 0 Å². The van der Waals surface area contributed by atoms with E-state index in [1.165, 1.54) is 0 Å². The molecule has 68 valence electrons. The Morgan fingerprint density at radius 2 is 1.73 bits per heavy atom. The standard InChI is InChI=1S/C9H21NO/c1-7(9(3,4)11)5-6-8(2)10/h7-8,11H,5-6,10H2,1-4H3/t7-,8-/m1/s1. The summed E-state index contributed by atoms with van der Waals surface area (Å²) in [4.78, 5) is 0. The third kappa shape index (κ3) is 5.22. The number of hydrogen-bond donors (Lipinski definition) is 2. The lowest BCUT2D eigenvalue weighted by atomic mass is 9.88. The molecule has 0 aromatic rings. The van der Waals surface area contributed by atoms with Gasteiger partial charge in [0.25, 0.3) is 0 Å². The average Bonchev–Trinajstić information content (AvgIpc) is 1.80. The van der Waals surface area contributed by atoms with Crippen molar-refractivity contribution in [3.05, 3.63) is 0 Å². The van der Waals surface area contributed by atoms with Gasteiger partial charge in [0.1, 0.15) is 0 Å². The Hall–Kier alpha value is -0.0800. The minimum Gasteiger partial charge on any atom is -0.390 e. The molecule has 0 radical (unpaired) electrons. The van der Waals surface area contributed by atoms with E-state index in [1.54, 1.807) is 0 Å². The molecule has 0 unspecified atom stereocenters. The Morgan fingerprint density at radius 3 is 2.00 bits per heavy atom. The van der Waals surface area contributed by atoms with E-state index in [9.17, 15) is 5.11 Å². The average molecular weight is 159 g/mol. The third-order valence-electron chi connectivity index (χ3n) is 2.26. The zero-order chi connectivity index (χ0) is 9.07. The van der Waals surface area contributed by atoms with Gasteiger partial charge in [-0.2, -0.15) is 0 Å². The largest absolute Gasteiger partial charge is 0.390 e. The lowest BCUT2D eigenvalue weighted by molar-refractivity contribution is 0.0201. The number of rotatable bonds is 4. The molecule has 0 saturated carbocycles. The summed E-state index contributed by atoms with van der Waals surface area (Å²) < 4.78 is 0. The molecule has 0 bridgehead atoms. The second kappa shape index (κ2) is 4.07. The lowest BCUT2D eigenvalue weighted by Crippen LogP contribution is -2.29. The molecule has 0 spiro atoms. The maximum atomic E-state index is 9.56. The van der Waals surface area contributed by atoms with E-state index in [1.807, 2.05) is 20.8 Å². The van der Waals surface area contributed by atoms with Gasteiger partial charge < -0.3 is 10.8 Å². The molecule has 11 heavy (non-hydrogen) atoms. The molecule has 2 nitrogen and oxygen atoms in total. The van der Waals surface area contributed by atoms with Crippen LogP contribution in [0.4, 0.5) is 0 Å². The van der Waals surface area contributed by atoms with E-state index >= 15 is 0 Å². The molecule has 2 heteroatoms. The summed E-state index contributed by atoms with van der Waals surface area (Å²) in [6, 6.07) is 0.250. The number of aliphatic hydroxyl groups is 1. The van der Waals surface area contributed by atoms with E-state index in [0.717, 1.165) is 12.8 Å². The van der Waals surface area contributed by atoms with Gasteiger partial charge in [-0.15, -0.1) is 0 Å². The highest BCUT2D eigenvalue weighted by atomic mass is 16.3. The zero-order valence-electron chi connectivity index (χ0n) is 8.09. The summed E-state index contributed by atoms with van der Waals surface area (Å²) in [5.74, 6) is 0.327. The van der Waals surface area contributed by atoms with Gasteiger partial charge in [-0.05, 0) is 39.5 Å². The van der Waals surface area contributed by atoms with Crippen LogP contribution < -0.4 is 5.73 Å². The first-order chi connectivity index (χ1) is 4.84. The molecular weight excluding hydrogens is 138 g/mol. The first-order valence-electron chi connectivity index (χ1n) is 4.32. The van der Waals surface area contributed by atoms with E-state index in [2.05, 4.69) is 6.92 Å². The predicted octanol–water partition coefficient (Wildman–Crippen LogP) is 1.52. The Labute approximate surface area is 69.8 Å². The van der Waals surface area contributed by atoms with Crippen LogP contribution in [0.25, 0.3) is 0 Å². The van der Waals surface area contributed by atoms with Crippen LogP contribution in [0.3, 0.4) is 0 Å². The minimum atomic E-state index is -0.561. The highest BCUT2D eigenvalue weighted by Gasteiger charge is 2.21. The summed E-state index contributed by atoms with van der Waals surface area (Å²) in [6.45, 7) is 7.75. The van der Waals surface area contributed by atoms with Gasteiger partial charge >= 0.3 is 0 Å². The molecule has 2 atom stereocenters. The van der Waals surface area contributed by atoms with Crippen LogP contribution in [0.15, 0.2) is 0 Å². The van der Waals surface area contributed by atoms with E-state index in [-0.39, 0.29) is 6.04 Å². The molecule has 0 amide bonds. The molecule has 0 heterocycles. The second-order valence-electron chi connectivity index (χ2n) is 4.11. The monoisotopic (exact) mass is 159 g/mol. The van der Waals surface area contributed by atoms with E-state index in [0.29, 0.717) is 5.92 Å². The van der Waals surface area contributed by atoms with Crippen LogP contribution >= 0.6 is 0 Å². The normalized spacial score (nSPS) is 18.0. The summed E-state index contributed by atoms with van der Waals surface area (Å²) >= 11 is 0. The second-order valence-corrected chi connectivity index (χ2v) is 4.11. The van der Waals surface area contributed by atoms with Gasteiger partial charge in [0, 0.05) is 6.04 Å². The first-order valence-corrected chi connectivity index (χ1v) is 4.32. The van der Waals surface area contributed by atoms with Gasteiger partial charge in [-0.25, -0.2) is 0 Å². The summed E-state index contributed by atoms with van der Waals surface area (Å²) in [7, 11) is 0. The Morgan fingerprint density at radius 1 is 1.27 bits per heavy atom. The van der Waals surface area contributed by atoms with Crippen molar-refractivity contribution < 1.29 is 5.11 Å². The molecule has 0 aromatic heterocycles. The minimum absolute atomic E-state index is 0.250. The fourth-order valence-electron chi connectivity index (χ4n) is 0.866. The molecule has 0 rings (SSSR count). The van der Waals surface area contributed by atoms with Crippen molar-refractivity contribution in [1.29, 1.82) is 0 Å². The molecular formula is C9H21NO. The van der Waals surface area contributed by atoms with Crippen molar-refractivity contribution in [3.8, 4) is 0 Å². The molecule has 0 aliphatic heterocycles. The number of hydrogen-bond acceptors (Lipinski definition) is 2.